The minimum absolute atomic E-state index is 0.363. The average Bonchev–Trinajstić information content (AvgIpc) is 3.15. The highest BCUT2D eigenvalue weighted by molar-refractivity contribution is 6.02. The molecule has 0 fully saturated rings. The van der Waals surface area contributed by atoms with Crippen LogP contribution in [-0.2, 0) is 17.9 Å². The van der Waals surface area contributed by atoms with Crippen LogP contribution in [0.15, 0.2) is 73.1 Å². The smallest absolute Gasteiger partial charge is 0.308 e. The van der Waals surface area contributed by atoms with Gasteiger partial charge in [-0.3, -0.25) is 19.7 Å². The molecule has 29 heavy (non-hydrogen) atoms. The number of carbonyl (C=O) groups excluding carboxylic acids is 2. The molecule has 0 radical (unpaired) electrons. The predicted octanol–water partition coefficient (Wildman–Crippen LogP) is 3.10. The van der Waals surface area contributed by atoms with Gasteiger partial charge in [-0.25, -0.2) is 4.79 Å². The number of aromatic nitrogens is 2. The van der Waals surface area contributed by atoms with Crippen LogP contribution in [0.5, 0.6) is 0 Å². The average molecular weight is 391 g/mol. The summed E-state index contributed by atoms with van der Waals surface area (Å²) in [5.41, 5.74) is 2.80. The molecule has 2 aromatic carbocycles. The highest BCUT2D eigenvalue weighted by Gasteiger charge is 2.20. The van der Waals surface area contributed by atoms with Crippen molar-refractivity contribution in [2.45, 2.75) is 26.1 Å². The summed E-state index contributed by atoms with van der Waals surface area (Å²) in [6.07, 6.45) is 3.77. The Labute approximate surface area is 170 Å². The van der Waals surface area contributed by atoms with Crippen LogP contribution in [0, 0.1) is 0 Å². The first-order valence-electron chi connectivity index (χ1n) is 9.43. The Morgan fingerprint density at radius 1 is 1.03 bits per heavy atom. The van der Waals surface area contributed by atoms with Crippen LogP contribution in [-0.4, -0.2) is 39.7 Å². The van der Waals surface area contributed by atoms with E-state index in [-0.39, 0.29) is 5.91 Å². The predicted molar refractivity (Wildman–Crippen MR) is 112 cm³/mol. The Balaban J connectivity index is 1.50. The van der Waals surface area contributed by atoms with Gasteiger partial charge in [-0.15, -0.1) is 0 Å². The quantitative estimate of drug-likeness (QED) is 0.649. The zero-order valence-corrected chi connectivity index (χ0v) is 16.6. The number of hydrogen-bond acceptors (Lipinski definition) is 4. The molecule has 0 aliphatic rings. The van der Waals surface area contributed by atoms with Gasteiger partial charge in [0.15, 0.2) is 0 Å². The van der Waals surface area contributed by atoms with Crippen molar-refractivity contribution < 1.29 is 9.59 Å². The Morgan fingerprint density at radius 3 is 2.38 bits per heavy atom. The first-order valence-corrected chi connectivity index (χ1v) is 9.43. The van der Waals surface area contributed by atoms with E-state index in [1.165, 1.54) is 5.56 Å². The lowest BCUT2D eigenvalue weighted by atomic mass is 10.2. The molecule has 0 saturated heterocycles. The van der Waals surface area contributed by atoms with E-state index in [0.717, 1.165) is 5.56 Å². The fourth-order valence-electron chi connectivity index (χ4n) is 2.87. The van der Waals surface area contributed by atoms with E-state index in [1.807, 2.05) is 59.2 Å². The van der Waals surface area contributed by atoms with Crippen molar-refractivity contribution in [1.29, 1.82) is 0 Å². The maximum Gasteiger partial charge on any atom is 0.325 e. The Hall–Kier alpha value is -3.45. The first kappa shape index (κ1) is 20.3. The molecule has 3 amide bonds. The molecule has 0 unspecified atom stereocenters. The first-order chi connectivity index (χ1) is 14.0. The minimum atomic E-state index is -0.544. The highest BCUT2D eigenvalue weighted by Crippen LogP contribution is 2.09. The number of urea groups is 1. The largest absolute Gasteiger partial charge is 0.325 e. The van der Waals surface area contributed by atoms with E-state index in [1.54, 1.807) is 25.3 Å². The molecule has 3 rings (SSSR count). The van der Waals surface area contributed by atoms with Crippen LogP contribution >= 0.6 is 0 Å². The standard InChI is InChI=1S/C22H25N5O2/c1-17(21(28)25-22(29)24-20-11-7-4-8-12-20)26(2)14-19-13-23-27(16-19)15-18-9-5-3-6-10-18/h3-13,16-17H,14-15H2,1-2H3,(H2,24,25,28,29)/t17-/m0/s1. The van der Waals surface area contributed by atoms with Crippen molar-refractivity contribution in [3.8, 4) is 0 Å². The normalized spacial score (nSPS) is 11.8. The molecule has 0 bridgehead atoms. The number of nitrogens with one attached hydrogen (secondary N) is 2. The number of benzene rings is 2. The summed E-state index contributed by atoms with van der Waals surface area (Å²) in [4.78, 5) is 26.3. The number of para-hydroxylation sites is 1. The number of nitrogens with zero attached hydrogens (tertiary/aromatic N) is 3. The topological polar surface area (TPSA) is 79.3 Å². The molecule has 7 nitrogen and oxygen atoms in total. The third-order valence-corrected chi connectivity index (χ3v) is 4.62. The molecule has 0 aliphatic heterocycles. The monoisotopic (exact) mass is 391 g/mol. The van der Waals surface area contributed by atoms with Crippen molar-refractivity contribution in [3.05, 3.63) is 84.2 Å². The summed E-state index contributed by atoms with van der Waals surface area (Å²) in [5.74, 6) is -0.363. The van der Waals surface area contributed by atoms with E-state index >= 15 is 0 Å². The second-order valence-corrected chi connectivity index (χ2v) is 6.93. The second-order valence-electron chi connectivity index (χ2n) is 6.93. The molecule has 0 saturated carbocycles. The van der Waals surface area contributed by atoms with Crippen molar-refractivity contribution in [3.63, 3.8) is 0 Å². The molecule has 150 valence electrons. The van der Waals surface area contributed by atoms with Gasteiger partial charge in [-0.1, -0.05) is 48.5 Å². The highest BCUT2D eigenvalue weighted by atomic mass is 16.2. The van der Waals surface area contributed by atoms with Gasteiger partial charge < -0.3 is 5.32 Å². The third-order valence-electron chi connectivity index (χ3n) is 4.62. The molecule has 1 aromatic heterocycles. The van der Waals surface area contributed by atoms with E-state index in [9.17, 15) is 9.59 Å². The van der Waals surface area contributed by atoms with Gasteiger partial charge in [0.25, 0.3) is 0 Å². The van der Waals surface area contributed by atoms with Crippen molar-refractivity contribution in [2.75, 3.05) is 12.4 Å². The number of amides is 3. The number of carbonyl (C=O) groups is 2. The van der Waals surface area contributed by atoms with Crippen LogP contribution in [0.1, 0.15) is 18.1 Å². The van der Waals surface area contributed by atoms with Gasteiger partial charge in [0, 0.05) is 24.0 Å². The molecule has 3 aromatic rings. The van der Waals surface area contributed by atoms with Crippen LogP contribution in [0.3, 0.4) is 0 Å². The lowest BCUT2D eigenvalue weighted by molar-refractivity contribution is -0.124. The van der Waals surface area contributed by atoms with Crippen LogP contribution in [0.2, 0.25) is 0 Å². The molecule has 1 atom stereocenters. The van der Waals surface area contributed by atoms with E-state index < -0.39 is 12.1 Å². The second kappa shape index (κ2) is 9.66. The van der Waals surface area contributed by atoms with E-state index in [0.29, 0.717) is 18.8 Å². The molecule has 7 heteroatoms. The molecule has 1 heterocycles. The van der Waals surface area contributed by atoms with Crippen LogP contribution < -0.4 is 10.6 Å². The van der Waals surface area contributed by atoms with Crippen LogP contribution in [0.25, 0.3) is 0 Å². The number of rotatable bonds is 7. The maximum atomic E-state index is 12.4. The Morgan fingerprint density at radius 2 is 1.69 bits per heavy atom. The number of anilines is 1. The summed E-state index contributed by atoms with van der Waals surface area (Å²) in [7, 11) is 1.84. The lowest BCUT2D eigenvalue weighted by Gasteiger charge is -2.22. The molecule has 0 spiro atoms. The summed E-state index contributed by atoms with van der Waals surface area (Å²) in [5, 5.41) is 9.41. The van der Waals surface area contributed by atoms with Gasteiger partial charge >= 0.3 is 6.03 Å². The Bertz CT molecular complexity index is 940. The van der Waals surface area contributed by atoms with Crippen molar-refractivity contribution >= 4 is 17.6 Å². The van der Waals surface area contributed by atoms with E-state index in [2.05, 4.69) is 27.9 Å². The fourth-order valence-corrected chi connectivity index (χ4v) is 2.87. The molecular weight excluding hydrogens is 366 g/mol. The number of imide groups is 1. The van der Waals surface area contributed by atoms with Gasteiger partial charge in [-0.2, -0.15) is 5.10 Å². The maximum absolute atomic E-state index is 12.4. The molecule has 2 N–H and O–H groups in total. The van der Waals surface area contributed by atoms with Crippen molar-refractivity contribution in [1.82, 2.24) is 20.0 Å². The van der Waals surface area contributed by atoms with Crippen LogP contribution in [0.4, 0.5) is 10.5 Å². The van der Waals surface area contributed by atoms with Gasteiger partial charge in [0.1, 0.15) is 0 Å². The van der Waals surface area contributed by atoms with Gasteiger partial charge in [0.2, 0.25) is 5.91 Å². The van der Waals surface area contributed by atoms with Gasteiger partial charge in [0.05, 0.1) is 18.8 Å². The minimum Gasteiger partial charge on any atom is -0.308 e. The zero-order valence-electron chi connectivity index (χ0n) is 16.6. The summed E-state index contributed by atoms with van der Waals surface area (Å²) in [6, 6.07) is 18.1. The molecular formula is C22H25N5O2. The number of hydrogen-bond donors (Lipinski definition) is 2. The van der Waals surface area contributed by atoms with Crippen molar-refractivity contribution in [2.24, 2.45) is 0 Å². The SMILES string of the molecule is C[C@@H](C(=O)NC(=O)Nc1ccccc1)N(C)Cc1cnn(Cc2ccccc2)c1. The third kappa shape index (κ3) is 6.02. The fraction of sp³-hybridized carbons (Fsp3) is 0.227. The zero-order chi connectivity index (χ0) is 20.6. The number of likely N-dealkylation sites (N-methyl/N-ethyl adjacent to an activating group) is 1. The Kier molecular flexibility index (Phi) is 6.76. The summed E-state index contributed by atoms with van der Waals surface area (Å²) >= 11 is 0. The molecule has 0 aliphatic carbocycles. The summed E-state index contributed by atoms with van der Waals surface area (Å²) in [6.45, 7) is 3.00. The van der Waals surface area contributed by atoms with Gasteiger partial charge in [-0.05, 0) is 31.7 Å². The van der Waals surface area contributed by atoms with E-state index in [4.69, 9.17) is 0 Å². The summed E-state index contributed by atoms with van der Waals surface area (Å²) < 4.78 is 1.87. The lowest BCUT2D eigenvalue weighted by Crippen LogP contribution is -2.46.